The van der Waals surface area contributed by atoms with Gasteiger partial charge in [-0.2, -0.15) is 9.37 Å². The molecule has 1 unspecified atom stereocenters. The number of ether oxygens (including phenoxy) is 1. The highest BCUT2D eigenvalue weighted by molar-refractivity contribution is 7.71. The lowest BCUT2D eigenvalue weighted by Crippen LogP contribution is -2.32. The molecule has 21 heavy (non-hydrogen) atoms. The molecule has 3 heterocycles. The standard InChI is InChI=1S/C12H12FN3O4S/c13-7-2-14-5-1-4(12(21)16-11(5)15-7)10-9(19)8(18)6(3-17)20-10/h1-2,6,8-10,17-19H,3H2,(H,15,16,21)/t6-,8?,9+,10+/m1/s1. The Kier molecular flexibility index (Phi) is 3.68. The van der Waals surface area contributed by atoms with Gasteiger partial charge in [0.25, 0.3) is 0 Å². The largest absolute Gasteiger partial charge is 0.394 e. The van der Waals surface area contributed by atoms with E-state index in [9.17, 15) is 14.6 Å². The van der Waals surface area contributed by atoms with Crippen molar-refractivity contribution < 1.29 is 24.4 Å². The molecule has 1 saturated heterocycles. The molecule has 0 aromatic carbocycles. The number of nitrogens with one attached hydrogen (secondary N) is 1. The minimum atomic E-state index is -1.23. The zero-order chi connectivity index (χ0) is 15.1. The number of aliphatic hydroxyl groups is 3. The van der Waals surface area contributed by atoms with Crippen molar-refractivity contribution in [1.29, 1.82) is 0 Å². The highest BCUT2D eigenvalue weighted by atomic mass is 32.1. The second-order valence-corrected chi connectivity index (χ2v) is 5.15. The first-order valence-corrected chi connectivity index (χ1v) is 6.60. The minimum Gasteiger partial charge on any atom is -0.394 e. The number of halogens is 1. The van der Waals surface area contributed by atoms with E-state index in [1.54, 1.807) is 0 Å². The third-order valence-electron chi connectivity index (χ3n) is 3.41. The Hall–Kier alpha value is -1.52. The number of aromatic amines is 1. The highest BCUT2D eigenvalue weighted by Crippen LogP contribution is 2.34. The lowest BCUT2D eigenvalue weighted by atomic mass is 10.0. The average Bonchev–Trinajstić information content (AvgIpc) is 2.74. The van der Waals surface area contributed by atoms with Crippen LogP contribution in [0, 0.1) is 10.6 Å². The van der Waals surface area contributed by atoms with Gasteiger partial charge in [-0.25, -0.2) is 4.98 Å². The Balaban J connectivity index is 2.07. The SMILES string of the molecule is OC[C@H]1O[C@@H](c2cc3ncc(F)nc3[nH]c2=S)[C@@H](O)C1O. The maximum atomic E-state index is 13.0. The first kappa shape index (κ1) is 14.4. The van der Waals surface area contributed by atoms with E-state index in [2.05, 4.69) is 15.0 Å². The van der Waals surface area contributed by atoms with Gasteiger partial charge in [0.1, 0.15) is 34.6 Å². The minimum absolute atomic E-state index is 0.176. The van der Waals surface area contributed by atoms with Crippen LogP contribution in [-0.4, -0.2) is 55.2 Å². The molecular formula is C12H12FN3O4S. The van der Waals surface area contributed by atoms with Crippen LogP contribution in [0.5, 0.6) is 0 Å². The molecule has 0 saturated carbocycles. The number of aromatic nitrogens is 3. The fourth-order valence-corrected chi connectivity index (χ4v) is 2.61. The fraction of sp³-hybridized carbons (Fsp3) is 0.417. The quantitative estimate of drug-likeness (QED) is 0.577. The first-order valence-electron chi connectivity index (χ1n) is 6.19. The van der Waals surface area contributed by atoms with Crippen LogP contribution >= 0.6 is 12.2 Å². The van der Waals surface area contributed by atoms with Gasteiger partial charge in [0, 0.05) is 5.56 Å². The van der Waals surface area contributed by atoms with Gasteiger partial charge in [0.2, 0.25) is 5.95 Å². The molecule has 0 aliphatic carbocycles. The molecule has 4 N–H and O–H groups in total. The number of hydrogen-bond donors (Lipinski definition) is 4. The van der Waals surface area contributed by atoms with E-state index in [-0.39, 0.29) is 10.3 Å². The molecule has 1 aliphatic rings. The summed E-state index contributed by atoms with van der Waals surface area (Å²) in [6.45, 7) is -0.427. The molecule has 112 valence electrons. The monoisotopic (exact) mass is 313 g/mol. The highest BCUT2D eigenvalue weighted by Gasteiger charge is 2.43. The van der Waals surface area contributed by atoms with Crippen LogP contribution in [0.1, 0.15) is 11.7 Å². The average molecular weight is 313 g/mol. The number of aliphatic hydroxyl groups excluding tert-OH is 3. The normalized spacial score (nSPS) is 29.1. The van der Waals surface area contributed by atoms with E-state index < -0.39 is 37.0 Å². The van der Waals surface area contributed by atoms with Gasteiger partial charge in [0.05, 0.1) is 12.8 Å². The molecule has 2 aromatic heterocycles. The van der Waals surface area contributed by atoms with Crippen molar-refractivity contribution in [2.45, 2.75) is 24.4 Å². The van der Waals surface area contributed by atoms with Crippen molar-refractivity contribution in [3.8, 4) is 0 Å². The van der Waals surface area contributed by atoms with Crippen molar-refractivity contribution >= 4 is 23.4 Å². The lowest BCUT2D eigenvalue weighted by molar-refractivity contribution is -0.0229. The molecule has 2 aromatic rings. The summed E-state index contributed by atoms with van der Waals surface area (Å²) in [6, 6.07) is 1.51. The number of hydrogen-bond acceptors (Lipinski definition) is 7. The molecule has 0 radical (unpaired) electrons. The summed E-state index contributed by atoms with van der Waals surface area (Å²) in [5.41, 5.74) is 0.911. The summed E-state index contributed by atoms with van der Waals surface area (Å²) in [6.07, 6.45) is -3.29. The molecule has 7 nitrogen and oxygen atoms in total. The number of pyridine rings is 1. The van der Waals surface area contributed by atoms with Gasteiger partial charge in [-0.15, -0.1) is 0 Å². The Morgan fingerprint density at radius 3 is 2.81 bits per heavy atom. The third-order valence-corrected chi connectivity index (χ3v) is 3.74. The van der Waals surface area contributed by atoms with E-state index in [0.29, 0.717) is 11.1 Å². The Labute approximate surface area is 123 Å². The topological polar surface area (TPSA) is 111 Å². The lowest BCUT2D eigenvalue weighted by Gasteiger charge is -2.15. The zero-order valence-corrected chi connectivity index (χ0v) is 11.4. The molecule has 0 bridgehead atoms. The molecule has 1 aliphatic heterocycles. The number of fused-ring (bicyclic) bond motifs is 1. The first-order chi connectivity index (χ1) is 10.0. The Morgan fingerprint density at radius 1 is 1.38 bits per heavy atom. The Bertz CT molecular complexity index is 740. The van der Waals surface area contributed by atoms with Gasteiger partial charge in [0.15, 0.2) is 5.65 Å². The van der Waals surface area contributed by atoms with Crippen molar-refractivity contribution in [3.63, 3.8) is 0 Å². The maximum Gasteiger partial charge on any atom is 0.233 e. The van der Waals surface area contributed by atoms with Gasteiger partial charge in [-0.3, -0.25) is 0 Å². The van der Waals surface area contributed by atoms with Gasteiger partial charge < -0.3 is 25.0 Å². The summed E-state index contributed by atoms with van der Waals surface area (Å²) in [5, 5.41) is 28.9. The Morgan fingerprint density at radius 2 is 2.14 bits per heavy atom. The predicted octanol–water partition coefficient (Wildman–Crippen LogP) is -0.0195. The second-order valence-electron chi connectivity index (χ2n) is 4.74. The molecule has 0 amide bonds. The fourth-order valence-electron chi connectivity index (χ4n) is 2.34. The van der Waals surface area contributed by atoms with E-state index >= 15 is 0 Å². The van der Waals surface area contributed by atoms with Gasteiger partial charge >= 0.3 is 0 Å². The predicted molar refractivity (Wildman–Crippen MR) is 71.4 cm³/mol. The summed E-state index contributed by atoms with van der Waals surface area (Å²) < 4.78 is 18.6. The number of rotatable bonds is 2. The molecular weight excluding hydrogens is 301 g/mol. The molecule has 9 heteroatoms. The van der Waals surface area contributed by atoms with Crippen LogP contribution in [0.25, 0.3) is 11.2 Å². The van der Waals surface area contributed by atoms with Crippen molar-refractivity contribution in [2.24, 2.45) is 0 Å². The maximum absolute atomic E-state index is 13.0. The molecule has 4 atom stereocenters. The van der Waals surface area contributed by atoms with Crippen LogP contribution in [0.15, 0.2) is 12.3 Å². The summed E-state index contributed by atoms with van der Waals surface area (Å²) in [4.78, 5) is 10.2. The third kappa shape index (κ3) is 2.43. The van der Waals surface area contributed by atoms with E-state index in [0.717, 1.165) is 6.20 Å². The zero-order valence-electron chi connectivity index (χ0n) is 10.6. The van der Waals surface area contributed by atoms with E-state index in [1.807, 2.05) is 0 Å². The van der Waals surface area contributed by atoms with Crippen LogP contribution in [0.2, 0.25) is 0 Å². The summed E-state index contributed by atoms with van der Waals surface area (Å²) >= 11 is 5.14. The van der Waals surface area contributed by atoms with Gasteiger partial charge in [-0.05, 0) is 6.07 Å². The summed E-state index contributed by atoms with van der Waals surface area (Å²) in [7, 11) is 0. The number of H-pyrrole nitrogens is 1. The smallest absolute Gasteiger partial charge is 0.233 e. The van der Waals surface area contributed by atoms with Crippen molar-refractivity contribution in [1.82, 2.24) is 15.0 Å². The summed E-state index contributed by atoms with van der Waals surface area (Å²) in [5.74, 6) is -0.742. The van der Waals surface area contributed by atoms with Gasteiger partial charge in [-0.1, -0.05) is 12.2 Å². The molecule has 1 fully saturated rings. The number of nitrogens with zero attached hydrogens (tertiary/aromatic N) is 2. The van der Waals surface area contributed by atoms with Crippen LogP contribution in [0.4, 0.5) is 4.39 Å². The molecule has 3 rings (SSSR count). The van der Waals surface area contributed by atoms with Crippen LogP contribution < -0.4 is 0 Å². The van der Waals surface area contributed by atoms with Crippen LogP contribution in [0.3, 0.4) is 0 Å². The van der Waals surface area contributed by atoms with Crippen molar-refractivity contribution in [2.75, 3.05) is 6.61 Å². The van der Waals surface area contributed by atoms with Crippen molar-refractivity contribution in [3.05, 3.63) is 28.4 Å². The van der Waals surface area contributed by atoms with Crippen LogP contribution in [-0.2, 0) is 4.74 Å². The molecule has 0 spiro atoms. The van der Waals surface area contributed by atoms with E-state index in [4.69, 9.17) is 22.1 Å². The van der Waals surface area contributed by atoms with E-state index in [1.165, 1.54) is 6.07 Å². The second kappa shape index (κ2) is 5.35.